The summed E-state index contributed by atoms with van der Waals surface area (Å²) in [4.78, 5) is 11.2. The maximum absolute atomic E-state index is 13.2. The molecule has 0 aliphatic carbocycles. The first-order chi connectivity index (χ1) is 7.86. The minimum atomic E-state index is -1.74. The van der Waals surface area contributed by atoms with E-state index in [1.807, 2.05) is 0 Å². The Morgan fingerprint density at radius 2 is 2.18 bits per heavy atom. The number of rotatable bonds is 4. The van der Waals surface area contributed by atoms with Crippen LogP contribution >= 0.6 is 11.8 Å². The van der Waals surface area contributed by atoms with Gasteiger partial charge >= 0.3 is 5.97 Å². The highest BCUT2D eigenvalue weighted by atomic mass is 32.2. The zero-order valence-electron chi connectivity index (χ0n) is 9.37. The van der Waals surface area contributed by atoms with Gasteiger partial charge in [-0.2, -0.15) is 0 Å². The molecule has 0 amide bonds. The molecule has 0 saturated carbocycles. The Hall–Kier alpha value is -1.14. The first-order valence-electron chi connectivity index (χ1n) is 4.75. The van der Waals surface area contributed by atoms with E-state index in [0.717, 1.165) is 37.1 Å². The van der Waals surface area contributed by atoms with E-state index in [-0.39, 0.29) is 10.6 Å². The normalized spacial score (nSPS) is 14.2. The van der Waals surface area contributed by atoms with Crippen molar-refractivity contribution < 1.29 is 23.4 Å². The van der Waals surface area contributed by atoms with E-state index in [1.54, 1.807) is 0 Å². The predicted molar refractivity (Wildman–Crippen MR) is 59.7 cm³/mol. The third-order valence-electron chi connectivity index (χ3n) is 2.03. The standard InChI is InChI=1S/C11H12F2O3S/c1-11(15,10(14)16-2)6-17-9-5-7(12)3-4-8(9)13/h3-5,15H,6H2,1-2H3. The molecular weight excluding hydrogens is 250 g/mol. The van der Waals surface area contributed by atoms with Crippen LogP contribution in [0.2, 0.25) is 0 Å². The number of benzene rings is 1. The van der Waals surface area contributed by atoms with Gasteiger partial charge in [0.15, 0.2) is 5.60 Å². The second kappa shape index (κ2) is 5.46. The lowest BCUT2D eigenvalue weighted by Crippen LogP contribution is -2.38. The fraction of sp³-hybridized carbons (Fsp3) is 0.364. The van der Waals surface area contributed by atoms with Crippen molar-refractivity contribution in [3.63, 3.8) is 0 Å². The Morgan fingerprint density at radius 1 is 1.53 bits per heavy atom. The Bertz CT molecular complexity index is 421. The summed E-state index contributed by atoms with van der Waals surface area (Å²) in [6.45, 7) is 1.25. The summed E-state index contributed by atoms with van der Waals surface area (Å²) in [6.07, 6.45) is 0. The molecule has 0 spiro atoms. The molecule has 3 nitrogen and oxygen atoms in total. The minimum absolute atomic E-state index is 0.0363. The molecule has 0 fully saturated rings. The fourth-order valence-corrected chi connectivity index (χ4v) is 2.04. The number of hydrogen-bond donors (Lipinski definition) is 1. The van der Waals surface area contributed by atoms with Gasteiger partial charge in [-0.3, -0.25) is 0 Å². The van der Waals surface area contributed by atoms with Gasteiger partial charge in [0.05, 0.1) is 7.11 Å². The summed E-state index contributed by atoms with van der Waals surface area (Å²) in [5.74, 6) is -2.12. The maximum Gasteiger partial charge on any atom is 0.338 e. The van der Waals surface area contributed by atoms with Crippen LogP contribution in [0.3, 0.4) is 0 Å². The van der Waals surface area contributed by atoms with Crippen LogP contribution in [-0.4, -0.2) is 29.5 Å². The lowest BCUT2D eigenvalue weighted by atomic mass is 10.1. The van der Waals surface area contributed by atoms with E-state index >= 15 is 0 Å². The Balaban J connectivity index is 2.73. The zero-order chi connectivity index (χ0) is 13.1. The molecule has 94 valence electrons. The van der Waals surface area contributed by atoms with Gasteiger partial charge in [0.1, 0.15) is 11.6 Å². The van der Waals surface area contributed by atoms with Crippen LogP contribution in [0.5, 0.6) is 0 Å². The van der Waals surface area contributed by atoms with Crippen molar-refractivity contribution in [1.29, 1.82) is 0 Å². The van der Waals surface area contributed by atoms with E-state index in [4.69, 9.17) is 0 Å². The quantitative estimate of drug-likeness (QED) is 0.666. The number of hydrogen-bond acceptors (Lipinski definition) is 4. The molecule has 0 saturated heterocycles. The van der Waals surface area contributed by atoms with Crippen molar-refractivity contribution in [3.8, 4) is 0 Å². The van der Waals surface area contributed by atoms with Crippen molar-refractivity contribution >= 4 is 17.7 Å². The number of halogens is 2. The van der Waals surface area contributed by atoms with Crippen molar-refractivity contribution in [2.24, 2.45) is 0 Å². The third kappa shape index (κ3) is 3.67. The summed E-state index contributed by atoms with van der Waals surface area (Å²) in [7, 11) is 1.14. The summed E-state index contributed by atoms with van der Waals surface area (Å²) in [5, 5.41) is 9.69. The monoisotopic (exact) mass is 262 g/mol. The van der Waals surface area contributed by atoms with E-state index in [0.29, 0.717) is 0 Å². The van der Waals surface area contributed by atoms with Gasteiger partial charge in [-0.1, -0.05) is 0 Å². The highest BCUT2D eigenvalue weighted by Crippen LogP contribution is 2.26. The molecular formula is C11H12F2O3S. The van der Waals surface area contributed by atoms with Crippen LogP contribution < -0.4 is 0 Å². The first-order valence-corrected chi connectivity index (χ1v) is 5.74. The van der Waals surface area contributed by atoms with Gasteiger partial charge in [-0.25, -0.2) is 13.6 Å². The van der Waals surface area contributed by atoms with E-state index in [9.17, 15) is 18.7 Å². The highest BCUT2D eigenvalue weighted by Gasteiger charge is 2.31. The molecule has 0 aromatic heterocycles. The van der Waals surface area contributed by atoms with Gasteiger partial charge in [0.25, 0.3) is 0 Å². The third-order valence-corrected chi connectivity index (χ3v) is 3.36. The molecule has 0 bridgehead atoms. The lowest BCUT2D eigenvalue weighted by Gasteiger charge is -2.19. The second-order valence-electron chi connectivity index (χ2n) is 3.63. The zero-order valence-corrected chi connectivity index (χ0v) is 10.2. The SMILES string of the molecule is COC(=O)C(C)(O)CSc1cc(F)ccc1F. The lowest BCUT2D eigenvalue weighted by molar-refractivity contribution is -0.158. The number of thioether (sulfide) groups is 1. The van der Waals surface area contributed by atoms with Gasteiger partial charge in [-0.05, 0) is 25.1 Å². The topological polar surface area (TPSA) is 46.5 Å². The van der Waals surface area contributed by atoms with Crippen LogP contribution in [0.4, 0.5) is 8.78 Å². The number of esters is 1. The Labute approximate surface area is 102 Å². The molecule has 0 aliphatic rings. The van der Waals surface area contributed by atoms with Crippen molar-refractivity contribution in [2.75, 3.05) is 12.9 Å². The fourth-order valence-electron chi connectivity index (χ4n) is 1.08. The molecule has 0 aliphatic heterocycles. The molecule has 1 rings (SSSR count). The first kappa shape index (κ1) is 13.9. The van der Waals surface area contributed by atoms with Crippen LogP contribution in [0.1, 0.15) is 6.92 Å². The van der Waals surface area contributed by atoms with Crippen LogP contribution in [0.25, 0.3) is 0 Å². The smallest absolute Gasteiger partial charge is 0.338 e. The van der Waals surface area contributed by atoms with Crippen molar-refractivity contribution in [1.82, 2.24) is 0 Å². The minimum Gasteiger partial charge on any atom is -0.467 e. The van der Waals surface area contributed by atoms with Gasteiger partial charge in [0, 0.05) is 10.6 Å². The van der Waals surface area contributed by atoms with Crippen LogP contribution in [0.15, 0.2) is 23.1 Å². The molecule has 0 radical (unpaired) electrons. The number of aliphatic hydroxyl groups is 1. The second-order valence-corrected chi connectivity index (χ2v) is 4.65. The summed E-state index contributed by atoms with van der Waals surface area (Å²) in [6, 6.07) is 3.00. The molecule has 1 unspecified atom stereocenters. The molecule has 1 aromatic rings. The van der Waals surface area contributed by atoms with E-state index in [2.05, 4.69) is 4.74 Å². The number of methoxy groups -OCH3 is 1. The Kier molecular flexibility index (Phi) is 4.47. The summed E-state index contributed by atoms with van der Waals surface area (Å²) >= 11 is 0.846. The van der Waals surface area contributed by atoms with Crippen molar-refractivity contribution in [3.05, 3.63) is 29.8 Å². The van der Waals surface area contributed by atoms with Crippen LogP contribution in [-0.2, 0) is 9.53 Å². The number of carbonyl (C=O) groups excluding carboxylic acids is 1. The molecule has 0 heterocycles. The van der Waals surface area contributed by atoms with E-state index in [1.165, 1.54) is 6.92 Å². The predicted octanol–water partition coefficient (Wildman–Crippen LogP) is 1.98. The molecule has 1 atom stereocenters. The van der Waals surface area contributed by atoms with E-state index < -0.39 is 23.2 Å². The maximum atomic E-state index is 13.2. The van der Waals surface area contributed by atoms with Gasteiger partial charge in [-0.15, -0.1) is 11.8 Å². The Morgan fingerprint density at radius 3 is 2.76 bits per heavy atom. The van der Waals surface area contributed by atoms with Crippen molar-refractivity contribution in [2.45, 2.75) is 17.4 Å². The summed E-state index contributed by atoms with van der Waals surface area (Å²) < 4.78 is 30.5. The molecule has 1 aromatic carbocycles. The average molecular weight is 262 g/mol. The number of ether oxygens (including phenoxy) is 1. The largest absolute Gasteiger partial charge is 0.467 e. The average Bonchev–Trinajstić information content (AvgIpc) is 2.29. The highest BCUT2D eigenvalue weighted by molar-refractivity contribution is 7.99. The van der Waals surface area contributed by atoms with Gasteiger partial charge < -0.3 is 9.84 Å². The van der Waals surface area contributed by atoms with Gasteiger partial charge in [0.2, 0.25) is 0 Å². The summed E-state index contributed by atoms with van der Waals surface area (Å²) in [5.41, 5.74) is -1.74. The number of carbonyl (C=O) groups is 1. The molecule has 6 heteroatoms. The molecule has 1 N–H and O–H groups in total. The van der Waals surface area contributed by atoms with Crippen LogP contribution in [0, 0.1) is 11.6 Å². The molecule has 17 heavy (non-hydrogen) atoms.